The fourth-order valence-corrected chi connectivity index (χ4v) is 3.81. The van der Waals surface area contributed by atoms with Crippen LogP contribution in [0.4, 0.5) is 0 Å². The molecule has 0 spiro atoms. The minimum absolute atomic E-state index is 0.0957. The minimum Gasteiger partial charge on any atom is -0.344 e. The number of rotatable bonds is 5. The Labute approximate surface area is 151 Å². The summed E-state index contributed by atoms with van der Waals surface area (Å²) in [4.78, 5) is 15.1. The topological polar surface area (TPSA) is 32.3 Å². The van der Waals surface area contributed by atoms with Gasteiger partial charge in [0.15, 0.2) is 0 Å². The highest BCUT2D eigenvalue weighted by atomic mass is 16.2. The highest BCUT2D eigenvalue weighted by molar-refractivity contribution is 5.79. The largest absolute Gasteiger partial charge is 0.344 e. The molecule has 0 aliphatic carbocycles. The second kappa shape index (κ2) is 8.30. The van der Waals surface area contributed by atoms with Gasteiger partial charge in [0.25, 0.3) is 0 Å². The molecule has 3 heteroatoms. The van der Waals surface area contributed by atoms with Gasteiger partial charge in [0, 0.05) is 12.1 Å². The van der Waals surface area contributed by atoms with Crippen LogP contribution in [0, 0.1) is 0 Å². The van der Waals surface area contributed by atoms with Crippen LogP contribution in [0.25, 0.3) is 0 Å². The predicted octanol–water partition coefficient (Wildman–Crippen LogP) is 4.16. The van der Waals surface area contributed by atoms with E-state index in [2.05, 4.69) is 48.3 Å². The van der Waals surface area contributed by atoms with Gasteiger partial charge in [0.05, 0.1) is 12.6 Å². The molecule has 0 radical (unpaired) electrons. The Morgan fingerprint density at radius 2 is 1.44 bits per heavy atom. The summed E-state index contributed by atoms with van der Waals surface area (Å²) in [6.07, 6.45) is 3.62. The van der Waals surface area contributed by atoms with Crippen LogP contribution < -0.4 is 5.32 Å². The van der Waals surface area contributed by atoms with Gasteiger partial charge in [-0.1, -0.05) is 67.1 Å². The van der Waals surface area contributed by atoms with Crippen LogP contribution in [-0.4, -0.2) is 29.4 Å². The average Bonchev–Trinajstić information content (AvgIpc) is 2.64. The third-order valence-electron chi connectivity index (χ3n) is 5.27. The van der Waals surface area contributed by atoms with E-state index in [0.717, 1.165) is 11.1 Å². The van der Waals surface area contributed by atoms with Crippen LogP contribution in [0.15, 0.2) is 60.7 Å². The molecule has 1 heterocycles. The molecule has 2 aromatic carbocycles. The number of carbonyl (C=O) groups excluding carboxylic acids is 1. The summed E-state index contributed by atoms with van der Waals surface area (Å²) in [5.74, 6) is 0.0957. The third-order valence-corrected chi connectivity index (χ3v) is 5.27. The van der Waals surface area contributed by atoms with Gasteiger partial charge in [-0.25, -0.2) is 0 Å². The molecule has 0 saturated carbocycles. The Morgan fingerprint density at radius 3 is 1.92 bits per heavy atom. The van der Waals surface area contributed by atoms with Gasteiger partial charge in [-0.05, 0) is 37.8 Å². The van der Waals surface area contributed by atoms with Gasteiger partial charge in [-0.15, -0.1) is 0 Å². The first-order chi connectivity index (χ1) is 12.1. The second-order valence-electron chi connectivity index (χ2n) is 7.12. The van der Waals surface area contributed by atoms with Gasteiger partial charge in [-0.2, -0.15) is 0 Å². The van der Waals surface area contributed by atoms with Crippen LogP contribution in [0.2, 0.25) is 0 Å². The smallest absolute Gasteiger partial charge is 0.234 e. The van der Waals surface area contributed by atoms with E-state index < -0.39 is 0 Å². The molecule has 1 fully saturated rings. The van der Waals surface area contributed by atoms with E-state index in [1.54, 1.807) is 0 Å². The Bertz CT molecular complexity index is 621. The summed E-state index contributed by atoms with van der Waals surface area (Å²) < 4.78 is 0. The Balaban J connectivity index is 1.75. The van der Waals surface area contributed by atoms with Gasteiger partial charge in [0.1, 0.15) is 0 Å². The first-order valence-corrected chi connectivity index (χ1v) is 9.30. The van der Waals surface area contributed by atoms with Crippen LogP contribution in [-0.2, 0) is 4.79 Å². The maximum Gasteiger partial charge on any atom is 0.234 e. The van der Waals surface area contributed by atoms with Gasteiger partial charge in [0.2, 0.25) is 5.91 Å². The van der Waals surface area contributed by atoms with Crippen molar-refractivity contribution in [3.63, 3.8) is 0 Å². The lowest BCUT2D eigenvalue weighted by Gasteiger charge is -2.38. The Hall–Kier alpha value is -2.13. The molecule has 25 heavy (non-hydrogen) atoms. The van der Waals surface area contributed by atoms with E-state index in [1.807, 2.05) is 36.4 Å². The highest BCUT2D eigenvalue weighted by Crippen LogP contribution is 2.24. The number of nitrogens with zero attached hydrogens (tertiary/aromatic N) is 1. The number of amides is 1. The first kappa shape index (κ1) is 17.7. The van der Waals surface area contributed by atoms with Crippen molar-refractivity contribution in [1.82, 2.24) is 10.2 Å². The number of piperidine rings is 1. The quantitative estimate of drug-likeness (QED) is 0.889. The van der Waals surface area contributed by atoms with E-state index in [-0.39, 0.29) is 11.9 Å². The van der Waals surface area contributed by atoms with E-state index in [9.17, 15) is 4.79 Å². The highest BCUT2D eigenvalue weighted by Gasteiger charge is 2.27. The van der Waals surface area contributed by atoms with E-state index >= 15 is 0 Å². The lowest BCUT2D eigenvalue weighted by Crippen LogP contribution is -2.49. The standard InChI is InChI=1S/C22H28N2O/c1-17-10-9-11-18(2)24(17)16-21(25)23-22(19-12-5-3-6-13-19)20-14-7-4-8-15-20/h3-8,12-15,17-18,22H,9-11,16H2,1-2H3,(H,23,25). The van der Waals surface area contributed by atoms with Gasteiger partial charge in [-0.3, -0.25) is 9.69 Å². The van der Waals surface area contributed by atoms with Crippen LogP contribution in [0.5, 0.6) is 0 Å². The van der Waals surface area contributed by atoms with Gasteiger partial charge >= 0.3 is 0 Å². The lowest BCUT2D eigenvalue weighted by atomic mass is 9.97. The molecule has 1 aliphatic heterocycles. The summed E-state index contributed by atoms with van der Waals surface area (Å²) in [6, 6.07) is 21.2. The number of hydrogen-bond acceptors (Lipinski definition) is 2. The zero-order valence-corrected chi connectivity index (χ0v) is 15.2. The second-order valence-corrected chi connectivity index (χ2v) is 7.12. The zero-order valence-electron chi connectivity index (χ0n) is 15.2. The summed E-state index contributed by atoms with van der Waals surface area (Å²) in [5.41, 5.74) is 2.23. The van der Waals surface area contributed by atoms with Crippen molar-refractivity contribution >= 4 is 5.91 Å². The molecule has 132 valence electrons. The lowest BCUT2D eigenvalue weighted by molar-refractivity contribution is -0.124. The summed E-state index contributed by atoms with van der Waals surface area (Å²) in [5, 5.41) is 3.26. The molecule has 0 bridgehead atoms. The number of nitrogens with one attached hydrogen (secondary N) is 1. The molecule has 2 atom stereocenters. The predicted molar refractivity (Wildman–Crippen MR) is 102 cm³/mol. The minimum atomic E-state index is -0.106. The van der Waals surface area contributed by atoms with Crippen molar-refractivity contribution in [2.24, 2.45) is 0 Å². The van der Waals surface area contributed by atoms with Crippen molar-refractivity contribution in [2.75, 3.05) is 6.54 Å². The molecular weight excluding hydrogens is 308 g/mol. The van der Waals surface area contributed by atoms with Crippen molar-refractivity contribution in [1.29, 1.82) is 0 Å². The molecule has 1 N–H and O–H groups in total. The van der Waals surface area contributed by atoms with Crippen molar-refractivity contribution in [2.45, 2.75) is 51.2 Å². The monoisotopic (exact) mass is 336 g/mol. The molecule has 3 nitrogen and oxygen atoms in total. The zero-order chi connectivity index (χ0) is 17.6. The molecule has 2 unspecified atom stereocenters. The number of benzene rings is 2. The number of carbonyl (C=O) groups is 1. The van der Waals surface area contributed by atoms with E-state index in [1.165, 1.54) is 19.3 Å². The van der Waals surface area contributed by atoms with Crippen molar-refractivity contribution in [3.05, 3.63) is 71.8 Å². The molecular formula is C22H28N2O. The van der Waals surface area contributed by atoms with E-state index in [0.29, 0.717) is 18.6 Å². The number of hydrogen-bond donors (Lipinski definition) is 1. The van der Waals surface area contributed by atoms with Crippen molar-refractivity contribution in [3.8, 4) is 0 Å². The fraction of sp³-hybridized carbons (Fsp3) is 0.409. The first-order valence-electron chi connectivity index (χ1n) is 9.30. The molecule has 1 aliphatic rings. The SMILES string of the molecule is CC1CCCC(C)N1CC(=O)NC(c1ccccc1)c1ccccc1. The maximum atomic E-state index is 12.8. The van der Waals surface area contributed by atoms with Crippen LogP contribution >= 0.6 is 0 Å². The summed E-state index contributed by atoms with van der Waals surface area (Å²) >= 11 is 0. The Kier molecular flexibility index (Phi) is 5.87. The average molecular weight is 336 g/mol. The van der Waals surface area contributed by atoms with E-state index in [4.69, 9.17) is 0 Å². The van der Waals surface area contributed by atoms with Crippen LogP contribution in [0.1, 0.15) is 50.3 Å². The van der Waals surface area contributed by atoms with Gasteiger partial charge < -0.3 is 5.32 Å². The summed E-state index contributed by atoms with van der Waals surface area (Å²) in [6.45, 7) is 4.93. The Morgan fingerprint density at radius 1 is 0.960 bits per heavy atom. The normalized spacial score (nSPS) is 21.2. The summed E-state index contributed by atoms with van der Waals surface area (Å²) in [7, 11) is 0. The maximum absolute atomic E-state index is 12.8. The number of likely N-dealkylation sites (tertiary alicyclic amines) is 1. The molecule has 1 amide bonds. The molecule has 3 rings (SSSR count). The van der Waals surface area contributed by atoms with Crippen LogP contribution in [0.3, 0.4) is 0 Å². The molecule has 2 aromatic rings. The molecule has 0 aromatic heterocycles. The van der Waals surface area contributed by atoms with Crippen molar-refractivity contribution < 1.29 is 4.79 Å². The fourth-order valence-electron chi connectivity index (χ4n) is 3.81. The molecule has 1 saturated heterocycles. The third kappa shape index (κ3) is 4.49.